The third-order valence-corrected chi connectivity index (χ3v) is 3.70. The van der Waals surface area contributed by atoms with Crippen LogP contribution in [0.3, 0.4) is 0 Å². The van der Waals surface area contributed by atoms with Crippen molar-refractivity contribution in [2.24, 2.45) is 5.73 Å². The van der Waals surface area contributed by atoms with Crippen LogP contribution in [0.5, 0.6) is 0 Å². The van der Waals surface area contributed by atoms with E-state index in [1.807, 2.05) is 23.9 Å². The van der Waals surface area contributed by atoms with E-state index in [4.69, 9.17) is 5.73 Å². The van der Waals surface area contributed by atoms with Crippen molar-refractivity contribution in [1.82, 2.24) is 0 Å². The first kappa shape index (κ1) is 14.1. The van der Waals surface area contributed by atoms with Gasteiger partial charge in [0.25, 0.3) is 0 Å². The molecule has 0 fully saturated rings. The lowest BCUT2D eigenvalue weighted by atomic mass is 10.1. The maximum absolute atomic E-state index is 11.2. The first-order chi connectivity index (χ1) is 8.17. The van der Waals surface area contributed by atoms with E-state index < -0.39 is 0 Å². The van der Waals surface area contributed by atoms with Gasteiger partial charge in [-0.1, -0.05) is 19.1 Å². The maximum atomic E-state index is 11.2. The molecule has 0 radical (unpaired) electrons. The second-order valence-electron chi connectivity index (χ2n) is 3.87. The Bertz CT molecular complexity index is 351. The highest BCUT2D eigenvalue weighted by molar-refractivity contribution is 7.98. The maximum Gasteiger partial charge on any atom is 0.337 e. The Morgan fingerprint density at radius 2 is 2.06 bits per heavy atom. The molecule has 0 bridgehead atoms. The molecule has 0 saturated heterocycles. The summed E-state index contributed by atoms with van der Waals surface area (Å²) in [5, 5.41) is 0. The van der Waals surface area contributed by atoms with Crippen molar-refractivity contribution in [1.29, 1.82) is 0 Å². The summed E-state index contributed by atoms with van der Waals surface area (Å²) in [5.41, 5.74) is 7.63. The number of nitrogens with two attached hydrogens (primary N) is 1. The minimum atomic E-state index is -0.294. The number of thioether (sulfide) groups is 1. The number of ether oxygens (including phenoxy) is 1. The first-order valence-electron chi connectivity index (χ1n) is 5.68. The van der Waals surface area contributed by atoms with Gasteiger partial charge in [0, 0.05) is 17.5 Å². The molecule has 0 aliphatic heterocycles. The number of hydrogen-bond donors (Lipinski definition) is 1. The monoisotopic (exact) mass is 253 g/mol. The van der Waals surface area contributed by atoms with Crippen LogP contribution in [0.25, 0.3) is 0 Å². The van der Waals surface area contributed by atoms with Crippen molar-refractivity contribution < 1.29 is 9.53 Å². The van der Waals surface area contributed by atoms with Gasteiger partial charge in [0.05, 0.1) is 12.7 Å². The van der Waals surface area contributed by atoms with Gasteiger partial charge in [0.15, 0.2) is 0 Å². The standard InChI is InChI=1S/C13H19NO2S/c1-3-12(14)9-17-8-10-4-6-11(7-5-10)13(15)16-2/h4-7,12H,3,8-9,14H2,1-2H3. The zero-order valence-corrected chi connectivity index (χ0v) is 11.1. The lowest BCUT2D eigenvalue weighted by molar-refractivity contribution is 0.0601. The zero-order chi connectivity index (χ0) is 12.7. The molecule has 1 atom stereocenters. The highest BCUT2D eigenvalue weighted by Crippen LogP contribution is 2.14. The fourth-order valence-corrected chi connectivity index (χ4v) is 2.39. The van der Waals surface area contributed by atoms with Crippen LogP contribution in [-0.2, 0) is 10.5 Å². The number of hydrogen-bond acceptors (Lipinski definition) is 4. The van der Waals surface area contributed by atoms with Crippen LogP contribution in [0.4, 0.5) is 0 Å². The molecular formula is C13H19NO2S. The number of methoxy groups -OCH3 is 1. The summed E-state index contributed by atoms with van der Waals surface area (Å²) in [6.45, 7) is 2.09. The van der Waals surface area contributed by atoms with Gasteiger partial charge in [-0.05, 0) is 24.1 Å². The van der Waals surface area contributed by atoms with E-state index in [0.29, 0.717) is 5.56 Å². The number of benzene rings is 1. The molecule has 1 rings (SSSR count). The van der Waals surface area contributed by atoms with Gasteiger partial charge in [-0.3, -0.25) is 0 Å². The molecule has 17 heavy (non-hydrogen) atoms. The Morgan fingerprint density at radius 1 is 1.41 bits per heavy atom. The number of esters is 1. The highest BCUT2D eigenvalue weighted by Gasteiger charge is 2.04. The molecule has 0 amide bonds. The van der Waals surface area contributed by atoms with Crippen LogP contribution >= 0.6 is 11.8 Å². The van der Waals surface area contributed by atoms with Crippen LogP contribution in [0.1, 0.15) is 29.3 Å². The van der Waals surface area contributed by atoms with Crippen molar-refractivity contribution in [2.75, 3.05) is 12.9 Å². The fourth-order valence-electron chi connectivity index (χ4n) is 1.30. The Balaban J connectivity index is 2.43. The second-order valence-corrected chi connectivity index (χ2v) is 4.90. The molecule has 1 aromatic rings. The molecule has 0 aliphatic rings. The van der Waals surface area contributed by atoms with Crippen LogP contribution < -0.4 is 5.73 Å². The van der Waals surface area contributed by atoms with Crippen molar-refractivity contribution in [3.63, 3.8) is 0 Å². The summed E-state index contributed by atoms with van der Waals surface area (Å²) < 4.78 is 4.64. The molecule has 1 unspecified atom stereocenters. The van der Waals surface area contributed by atoms with Crippen LogP contribution in [0, 0.1) is 0 Å². The SMILES string of the molecule is CCC(N)CSCc1ccc(C(=O)OC)cc1. The molecule has 0 aromatic heterocycles. The third kappa shape index (κ3) is 4.79. The third-order valence-electron chi connectivity index (χ3n) is 2.50. The van der Waals surface area contributed by atoms with Gasteiger partial charge in [0.2, 0.25) is 0 Å². The molecule has 0 heterocycles. The summed E-state index contributed by atoms with van der Waals surface area (Å²) in [4.78, 5) is 11.2. The highest BCUT2D eigenvalue weighted by atomic mass is 32.2. The topological polar surface area (TPSA) is 52.3 Å². The number of carbonyl (C=O) groups excluding carboxylic acids is 1. The average molecular weight is 253 g/mol. The van der Waals surface area contributed by atoms with E-state index in [-0.39, 0.29) is 12.0 Å². The summed E-state index contributed by atoms with van der Waals surface area (Å²) in [7, 11) is 1.39. The number of rotatable bonds is 6. The van der Waals surface area contributed by atoms with E-state index in [2.05, 4.69) is 11.7 Å². The van der Waals surface area contributed by atoms with Gasteiger partial charge < -0.3 is 10.5 Å². The van der Waals surface area contributed by atoms with Crippen molar-refractivity contribution in [2.45, 2.75) is 25.1 Å². The minimum Gasteiger partial charge on any atom is -0.465 e. The second kappa shape index (κ2) is 7.35. The van der Waals surface area contributed by atoms with Gasteiger partial charge in [-0.2, -0.15) is 11.8 Å². The van der Waals surface area contributed by atoms with Crippen LogP contribution in [0.2, 0.25) is 0 Å². The number of carbonyl (C=O) groups is 1. The molecule has 3 nitrogen and oxygen atoms in total. The van der Waals surface area contributed by atoms with Crippen molar-refractivity contribution in [3.8, 4) is 0 Å². The Labute approximate surface area is 107 Å². The first-order valence-corrected chi connectivity index (χ1v) is 6.83. The summed E-state index contributed by atoms with van der Waals surface area (Å²) in [5.74, 6) is 1.60. The summed E-state index contributed by atoms with van der Waals surface area (Å²) in [6.07, 6.45) is 1.01. The predicted molar refractivity (Wildman–Crippen MR) is 72.2 cm³/mol. The summed E-state index contributed by atoms with van der Waals surface area (Å²) in [6, 6.07) is 7.77. The van der Waals surface area contributed by atoms with Gasteiger partial charge in [-0.15, -0.1) is 0 Å². The fraction of sp³-hybridized carbons (Fsp3) is 0.462. The lowest BCUT2D eigenvalue weighted by Crippen LogP contribution is -2.21. The predicted octanol–water partition coefficient (Wildman–Crippen LogP) is 2.44. The largest absolute Gasteiger partial charge is 0.465 e. The normalized spacial score (nSPS) is 12.2. The van der Waals surface area contributed by atoms with Crippen LogP contribution in [-0.4, -0.2) is 24.9 Å². The Kier molecular flexibility index (Phi) is 6.08. The Hall–Kier alpha value is -1.00. The van der Waals surface area contributed by atoms with E-state index in [9.17, 15) is 4.79 Å². The molecule has 4 heteroatoms. The minimum absolute atomic E-state index is 0.273. The molecule has 0 aliphatic carbocycles. The van der Waals surface area contributed by atoms with Crippen molar-refractivity contribution >= 4 is 17.7 Å². The molecule has 0 saturated carbocycles. The lowest BCUT2D eigenvalue weighted by Gasteiger charge is -2.08. The molecule has 94 valence electrons. The Morgan fingerprint density at radius 3 is 2.59 bits per heavy atom. The van der Waals surface area contributed by atoms with Crippen LogP contribution in [0.15, 0.2) is 24.3 Å². The van der Waals surface area contributed by atoms with E-state index in [1.165, 1.54) is 12.7 Å². The van der Waals surface area contributed by atoms with Crippen molar-refractivity contribution in [3.05, 3.63) is 35.4 Å². The zero-order valence-electron chi connectivity index (χ0n) is 10.3. The van der Waals surface area contributed by atoms with E-state index in [0.717, 1.165) is 17.9 Å². The molecular weight excluding hydrogens is 234 g/mol. The molecule has 0 spiro atoms. The van der Waals surface area contributed by atoms with Gasteiger partial charge in [0.1, 0.15) is 0 Å². The van der Waals surface area contributed by atoms with E-state index in [1.54, 1.807) is 12.1 Å². The molecule has 1 aromatic carbocycles. The molecule has 2 N–H and O–H groups in total. The smallest absolute Gasteiger partial charge is 0.337 e. The van der Waals surface area contributed by atoms with E-state index >= 15 is 0 Å². The average Bonchev–Trinajstić information content (AvgIpc) is 2.38. The van der Waals surface area contributed by atoms with Gasteiger partial charge in [-0.25, -0.2) is 4.79 Å². The van der Waals surface area contributed by atoms with Gasteiger partial charge >= 0.3 is 5.97 Å². The summed E-state index contributed by atoms with van der Waals surface area (Å²) >= 11 is 1.82. The quantitative estimate of drug-likeness (QED) is 0.791.